The van der Waals surface area contributed by atoms with Crippen molar-refractivity contribution in [3.05, 3.63) is 0 Å². The molecule has 2 unspecified atom stereocenters. The van der Waals surface area contributed by atoms with Gasteiger partial charge >= 0.3 is 0 Å². The van der Waals surface area contributed by atoms with Gasteiger partial charge in [0.25, 0.3) is 0 Å². The topological polar surface area (TPSA) is 21.3 Å². The van der Waals surface area contributed by atoms with Crippen molar-refractivity contribution in [1.82, 2.24) is 5.32 Å². The molecule has 14 heavy (non-hydrogen) atoms. The van der Waals surface area contributed by atoms with E-state index in [-0.39, 0.29) is 0 Å². The fraction of sp³-hybridized carbons (Fsp3) is 1.00. The Morgan fingerprint density at radius 2 is 2.14 bits per heavy atom. The fourth-order valence-electron chi connectivity index (χ4n) is 2.41. The molecule has 0 aliphatic carbocycles. The molecule has 0 aromatic heterocycles. The third-order valence-electron chi connectivity index (χ3n) is 3.13. The van der Waals surface area contributed by atoms with Crippen LogP contribution in [0, 0.1) is 5.92 Å². The van der Waals surface area contributed by atoms with E-state index < -0.39 is 0 Å². The summed E-state index contributed by atoms with van der Waals surface area (Å²) in [4.78, 5) is 0. The zero-order chi connectivity index (χ0) is 10.2. The summed E-state index contributed by atoms with van der Waals surface area (Å²) in [5, 5.41) is 3.63. The van der Waals surface area contributed by atoms with E-state index in [0.717, 1.165) is 31.7 Å². The van der Waals surface area contributed by atoms with Gasteiger partial charge < -0.3 is 10.1 Å². The summed E-state index contributed by atoms with van der Waals surface area (Å²) < 4.78 is 5.50. The second kappa shape index (κ2) is 7.24. The average Bonchev–Trinajstić information content (AvgIpc) is 2.45. The van der Waals surface area contributed by atoms with Crippen LogP contribution in [0.2, 0.25) is 0 Å². The lowest BCUT2D eigenvalue weighted by atomic mass is 9.89. The highest BCUT2D eigenvalue weighted by Gasteiger charge is 2.21. The average molecular weight is 199 g/mol. The minimum Gasteiger partial charge on any atom is -0.381 e. The SMILES string of the molecule is CCCC(NCC)C1CCCOCC1. The molecule has 0 aromatic carbocycles. The van der Waals surface area contributed by atoms with Crippen molar-refractivity contribution in [2.75, 3.05) is 19.8 Å². The molecular formula is C12H25NO. The molecule has 1 fully saturated rings. The molecule has 1 N–H and O–H groups in total. The highest BCUT2D eigenvalue weighted by atomic mass is 16.5. The van der Waals surface area contributed by atoms with Crippen LogP contribution in [0.15, 0.2) is 0 Å². The lowest BCUT2D eigenvalue weighted by Crippen LogP contribution is -2.36. The molecule has 1 aliphatic rings. The highest BCUT2D eigenvalue weighted by molar-refractivity contribution is 4.77. The maximum Gasteiger partial charge on any atom is 0.0469 e. The Morgan fingerprint density at radius 3 is 2.86 bits per heavy atom. The van der Waals surface area contributed by atoms with Gasteiger partial charge in [-0.1, -0.05) is 20.3 Å². The molecule has 1 rings (SSSR count). The molecule has 2 heteroatoms. The van der Waals surface area contributed by atoms with E-state index in [9.17, 15) is 0 Å². The van der Waals surface area contributed by atoms with Gasteiger partial charge in [0.1, 0.15) is 0 Å². The summed E-state index contributed by atoms with van der Waals surface area (Å²) in [5.41, 5.74) is 0. The van der Waals surface area contributed by atoms with Crippen LogP contribution in [0.5, 0.6) is 0 Å². The number of rotatable bonds is 5. The Balaban J connectivity index is 2.38. The number of hydrogen-bond donors (Lipinski definition) is 1. The van der Waals surface area contributed by atoms with E-state index in [1.54, 1.807) is 0 Å². The first kappa shape index (κ1) is 12.0. The van der Waals surface area contributed by atoms with Gasteiger partial charge in [-0.15, -0.1) is 0 Å². The summed E-state index contributed by atoms with van der Waals surface area (Å²) >= 11 is 0. The summed E-state index contributed by atoms with van der Waals surface area (Å²) in [6.45, 7) is 7.52. The van der Waals surface area contributed by atoms with Crippen LogP contribution in [-0.2, 0) is 4.74 Å². The molecule has 0 spiro atoms. The van der Waals surface area contributed by atoms with Gasteiger partial charge in [0.05, 0.1) is 0 Å². The van der Waals surface area contributed by atoms with Gasteiger partial charge in [-0.05, 0) is 38.1 Å². The quantitative estimate of drug-likeness (QED) is 0.735. The largest absolute Gasteiger partial charge is 0.381 e. The smallest absolute Gasteiger partial charge is 0.0469 e. The predicted molar refractivity (Wildman–Crippen MR) is 60.5 cm³/mol. The van der Waals surface area contributed by atoms with E-state index in [1.165, 1.54) is 32.1 Å². The first-order chi connectivity index (χ1) is 6.88. The van der Waals surface area contributed by atoms with Gasteiger partial charge in [0.2, 0.25) is 0 Å². The van der Waals surface area contributed by atoms with Gasteiger partial charge in [-0.25, -0.2) is 0 Å². The van der Waals surface area contributed by atoms with E-state index in [1.807, 2.05) is 0 Å². The van der Waals surface area contributed by atoms with Crippen molar-refractivity contribution in [2.24, 2.45) is 5.92 Å². The third-order valence-corrected chi connectivity index (χ3v) is 3.13. The molecular weight excluding hydrogens is 174 g/mol. The van der Waals surface area contributed by atoms with Crippen molar-refractivity contribution >= 4 is 0 Å². The Kier molecular flexibility index (Phi) is 6.20. The summed E-state index contributed by atoms with van der Waals surface area (Å²) in [6.07, 6.45) is 6.44. The molecule has 0 saturated carbocycles. The Labute approximate surface area is 88.4 Å². The maximum atomic E-state index is 5.50. The fourth-order valence-corrected chi connectivity index (χ4v) is 2.41. The van der Waals surface area contributed by atoms with Crippen LogP contribution in [-0.4, -0.2) is 25.8 Å². The normalized spacial score (nSPS) is 25.7. The lowest BCUT2D eigenvalue weighted by molar-refractivity contribution is 0.139. The molecule has 84 valence electrons. The monoisotopic (exact) mass is 199 g/mol. The minimum absolute atomic E-state index is 0.728. The number of nitrogens with one attached hydrogen (secondary N) is 1. The van der Waals surface area contributed by atoms with Crippen molar-refractivity contribution < 1.29 is 4.74 Å². The minimum atomic E-state index is 0.728. The lowest BCUT2D eigenvalue weighted by Gasteiger charge is -2.26. The van der Waals surface area contributed by atoms with E-state index in [4.69, 9.17) is 4.74 Å². The Bertz CT molecular complexity index is 124. The summed E-state index contributed by atoms with van der Waals surface area (Å²) in [7, 11) is 0. The molecule has 0 amide bonds. The Morgan fingerprint density at radius 1 is 1.29 bits per heavy atom. The zero-order valence-corrected chi connectivity index (χ0v) is 9.72. The molecule has 2 nitrogen and oxygen atoms in total. The van der Waals surface area contributed by atoms with Crippen molar-refractivity contribution in [1.29, 1.82) is 0 Å². The van der Waals surface area contributed by atoms with Crippen molar-refractivity contribution in [2.45, 2.75) is 52.0 Å². The zero-order valence-electron chi connectivity index (χ0n) is 9.72. The van der Waals surface area contributed by atoms with Gasteiger partial charge in [0, 0.05) is 19.3 Å². The first-order valence-electron chi connectivity index (χ1n) is 6.19. The van der Waals surface area contributed by atoms with Crippen LogP contribution in [0.4, 0.5) is 0 Å². The molecule has 1 heterocycles. The standard InChI is InChI=1S/C12H25NO/c1-3-6-12(13-4-2)11-7-5-9-14-10-8-11/h11-13H,3-10H2,1-2H3. The van der Waals surface area contributed by atoms with Crippen LogP contribution >= 0.6 is 0 Å². The molecule has 2 atom stereocenters. The molecule has 1 saturated heterocycles. The third kappa shape index (κ3) is 3.97. The molecule has 0 bridgehead atoms. The van der Waals surface area contributed by atoms with Gasteiger partial charge in [0.15, 0.2) is 0 Å². The van der Waals surface area contributed by atoms with Crippen LogP contribution in [0.3, 0.4) is 0 Å². The first-order valence-corrected chi connectivity index (χ1v) is 6.19. The Hall–Kier alpha value is -0.0800. The molecule has 0 aromatic rings. The maximum absolute atomic E-state index is 5.50. The highest BCUT2D eigenvalue weighted by Crippen LogP contribution is 2.22. The van der Waals surface area contributed by atoms with Crippen LogP contribution < -0.4 is 5.32 Å². The van der Waals surface area contributed by atoms with Gasteiger partial charge in [-0.3, -0.25) is 0 Å². The van der Waals surface area contributed by atoms with Crippen molar-refractivity contribution in [3.8, 4) is 0 Å². The number of hydrogen-bond acceptors (Lipinski definition) is 2. The second-order valence-corrected chi connectivity index (χ2v) is 4.26. The van der Waals surface area contributed by atoms with Crippen LogP contribution in [0.1, 0.15) is 46.0 Å². The summed E-state index contributed by atoms with van der Waals surface area (Å²) in [5.74, 6) is 0.845. The van der Waals surface area contributed by atoms with E-state index >= 15 is 0 Å². The summed E-state index contributed by atoms with van der Waals surface area (Å²) in [6, 6.07) is 0.728. The molecule has 0 radical (unpaired) electrons. The van der Waals surface area contributed by atoms with E-state index in [2.05, 4.69) is 19.2 Å². The van der Waals surface area contributed by atoms with Gasteiger partial charge in [-0.2, -0.15) is 0 Å². The van der Waals surface area contributed by atoms with Crippen molar-refractivity contribution in [3.63, 3.8) is 0 Å². The van der Waals surface area contributed by atoms with Crippen LogP contribution in [0.25, 0.3) is 0 Å². The molecule has 1 aliphatic heterocycles. The second-order valence-electron chi connectivity index (χ2n) is 4.26. The predicted octanol–water partition coefficient (Wildman–Crippen LogP) is 2.58. The number of ether oxygens (including phenoxy) is 1. The van der Waals surface area contributed by atoms with E-state index in [0.29, 0.717) is 0 Å².